The SMILES string of the molecule is C=C(NOC(=O)N(C)CC(=O)OCC)SC. The Morgan fingerprint density at radius 3 is 2.62 bits per heavy atom. The summed E-state index contributed by atoms with van der Waals surface area (Å²) in [5, 5.41) is 0.498. The van der Waals surface area contributed by atoms with Crippen LogP contribution in [-0.4, -0.2) is 43.4 Å². The minimum Gasteiger partial charge on any atom is -0.465 e. The lowest BCUT2D eigenvalue weighted by atomic mass is 10.6. The van der Waals surface area contributed by atoms with Gasteiger partial charge in [0.2, 0.25) is 0 Å². The third-order valence-corrected chi connectivity index (χ3v) is 2.06. The van der Waals surface area contributed by atoms with E-state index in [1.54, 1.807) is 13.2 Å². The Morgan fingerprint density at radius 1 is 1.50 bits per heavy atom. The van der Waals surface area contributed by atoms with Gasteiger partial charge in [-0.05, 0) is 13.2 Å². The maximum absolute atomic E-state index is 11.3. The van der Waals surface area contributed by atoms with Gasteiger partial charge in [-0.3, -0.25) is 9.69 Å². The lowest BCUT2D eigenvalue weighted by Gasteiger charge is -2.16. The first-order valence-electron chi connectivity index (χ1n) is 4.57. The Balaban J connectivity index is 3.90. The van der Waals surface area contributed by atoms with Gasteiger partial charge < -0.3 is 9.57 Å². The van der Waals surface area contributed by atoms with Crippen LogP contribution in [0.4, 0.5) is 4.79 Å². The molecule has 0 aromatic carbocycles. The summed E-state index contributed by atoms with van der Waals surface area (Å²) in [4.78, 5) is 28.1. The van der Waals surface area contributed by atoms with Gasteiger partial charge in [-0.25, -0.2) is 10.3 Å². The zero-order valence-electron chi connectivity index (χ0n) is 9.61. The minimum atomic E-state index is -0.678. The van der Waals surface area contributed by atoms with Gasteiger partial charge >= 0.3 is 12.1 Å². The minimum absolute atomic E-state index is 0.153. The molecule has 0 heterocycles. The van der Waals surface area contributed by atoms with Crippen LogP contribution in [-0.2, 0) is 14.4 Å². The first kappa shape index (κ1) is 14.6. The second-order valence-corrected chi connectivity index (χ2v) is 3.66. The highest BCUT2D eigenvalue weighted by Gasteiger charge is 2.15. The van der Waals surface area contributed by atoms with Crippen LogP contribution in [0.1, 0.15) is 6.92 Å². The van der Waals surface area contributed by atoms with Gasteiger partial charge in [0, 0.05) is 7.05 Å². The molecule has 0 aromatic rings. The van der Waals surface area contributed by atoms with E-state index >= 15 is 0 Å². The number of esters is 1. The lowest BCUT2D eigenvalue weighted by Crippen LogP contribution is -2.36. The smallest absolute Gasteiger partial charge is 0.434 e. The van der Waals surface area contributed by atoms with Crippen molar-refractivity contribution in [3.63, 3.8) is 0 Å². The average Bonchev–Trinajstić information content (AvgIpc) is 2.25. The summed E-state index contributed by atoms with van der Waals surface area (Å²) in [7, 11) is 1.43. The van der Waals surface area contributed by atoms with E-state index in [0.29, 0.717) is 5.03 Å². The molecule has 1 amide bonds. The number of amides is 1. The number of carbonyl (C=O) groups excluding carboxylic acids is 2. The van der Waals surface area contributed by atoms with Gasteiger partial charge in [0.25, 0.3) is 0 Å². The Kier molecular flexibility index (Phi) is 7.19. The van der Waals surface area contributed by atoms with E-state index in [-0.39, 0.29) is 13.2 Å². The Bertz CT molecular complexity index is 270. The van der Waals surface area contributed by atoms with Crippen molar-refractivity contribution >= 4 is 23.8 Å². The van der Waals surface area contributed by atoms with Crippen molar-refractivity contribution in [2.75, 3.05) is 26.5 Å². The van der Waals surface area contributed by atoms with E-state index in [9.17, 15) is 9.59 Å². The number of nitrogens with zero attached hydrogens (tertiary/aromatic N) is 1. The molecule has 16 heavy (non-hydrogen) atoms. The van der Waals surface area contributed by atoms with Gasteiger partial charge in [0.05, 0.1) is 11.6 Å². The van der Waals surface area contributed by atoms with E-state index in [2.05, 4.69) is 21.6 Å². The molecule has 7 heteroatoms. The fourth-order valence-corrected chi connectivity index (χ4v) is 0.810. The number of hydroxylamine groups is 1. The highest BCUT2D eigenvalue weighted by molar-refractivity contribution is 8.02. The topological polar surface area (TPSA) is 67.9 Å². The molecule has 0 unspecified atom stereocenters. The molecule has 0 aromatic heterocycles. The molecule has 0 bridgehead atoms. The van der Waals surface area contributed by atoms with Crippen LogP contribution in [0.3, 0.4) is 0 Å². The van der Waals surface area contributed by atoms with Gasteiger partial charge in [-0.2, -0.15) is 0 Å². The van der Waals surface area contributed by atoms with E-state index in [4.69, 9.17) is 0 Å². The maximum atomic E-state index is 11.3. The number of hydrogen-bond acceptors (Lipinski definition) is 6. The molecule has 6 nitrogen and oxygen atoms in total. The number of rotatable bonds is 6. The van der Waals surface area contributed by atoms with E-state index in [1.807, 2.05) is 0 Å². The highest BCUT2D eigenvalue weighted by atomic mass is 32.2. The quantitative estimate of drug-likeness (QED) is 0.557. The monoisotopic (exact) mass is 248 g/mol. The molecular weight excluding hydrogens is 232 g/mol. The molecule has 1 N–H and O–H groups in total. The zero-order chi connectivity index (χ0) is 12.6. The maximum Gasteiger partial charge on any atom is 0.434 e. The summed E-state index contributed by atoms with van der Waals surface area (Å²) >= 11 is 1.31. The van der Waals surface area contributed by atoms with Crippen LogP contribution in [0.5, 0.6) is 0 Å². The standard InChI is InChI=1S/C9H16N2O4S/c1-5-14-8(12)6-11(3)9(13)15-10-7(2)16-4/h10H,2,5-6H2,1,3-4H3. The van der Waals surface area contributed by atoms with Crippen LogP contribution < -0.4 is 5.48 Å². The molecule has 0 aliphatic carbocycles. The van der Waals surface area contributed by atoms with Gasteiger partial charge in [0.1, 0.15) is 6.54 Å². The molecule has 0 saturated carbocycles. The molecule has 0 atom stereocenters. The Morgan fingerprint density at radius 2 is 2.12 bits per heavy atom. The van der Waals surface area contributed by atoms with Crippen molar-refractivity contribution in [3.05, 3.63) is 11.6 Å². The molecule has 0 spiro atoms. The molecule has 0 fully saturated rings. The summed E-state index contributed by atoms with van der Waals surface area (Å²) in [6, 6.07) is 0. The third-order valence-electron chi connectivity index (χ3n) is 1.48. The average molecular weight is 248 g/mol. The number of thioether (sulfide) groups is 1. The summed E-state index contributed by atoms with van der Waals surface area (Å²) in [5.41, 5.74) is 2.34. The first-order valence-corrected chi connectivity index (χ1v) is 5.80. The summed E-state index contributed by atoms with van der Waals surface area (Å²) in [5.74, 6) is -0.481. The molecule has 92 valence electrons. The van der Waals surface area contributed by atoms with Crippen molar-refractivity contribution in [2.24, 2.45) is 0 Å². The Hall–Kier alpha value is -1.37. The van der Waals surface area contributed by atoms with Crippen LogP contribution in [0, 0.1) is 0 Å². The number of ether oxygens (including phenoxy) is 1. The largest absolute Gasteiger partial charge is 0.465 e. The number of likely N-dealkylation sites (N-methyl/N-ethyl adjacent to an activating group) is 1. The van der Waals surface area contributed by atoms with E-state index in [1.165, 1.54) is 18.8 Å². The third kappa shape index (κ3) is 6.18. The van der Waals surface area contributed by atoms with Crippen LogP contribution in [0.25, 0.3) is 0 Å². The number of nitrogens with one attached hydrogen (secondary N) is 1. The van der Waals surface area contributed by atoms with Gasteiger partial charge in [0.15, 0.2) is 0 Å². The van der Waals surface area contributed by atoms with Gasteiger partial charge in [-0.1, -0.05) is 6.58 Å². The van der Waals surface area contributed by atoms with E-state index in [0.717, 1.165) is 4.90 Å². The van der Waals surface area contributed by atoms with E-state index < -0.39 is 12.1 Å². The normalized spacial score (nSPS) is 9.19. The van der Waals surface area contributed by atoms with Crippen molar-refractivity contribution in [3.8, 4) is 0 Å². The lowest BCUT2D eigenvalue weighted by molar-refractivity contribution is -0.143. The predicted octanol–water partition coefficient (Wildman–Crippen LogP) is 0.957. The van der Waals surface area contributed by atoms with Gasteiger partial charge in [-0.15, -0.1) is 11.8 Å². The summed E-state index contributed by atoms with van der Waals surface area (Å²) < 4.78 is 4.68. The van der Waals surface area contributed by atoms with Crippen molar-refractivity contribution in [2.45, 2.75) is 6.92 Å². The molecule has 0 rings (SSSR count). The zero-order valence-corrected chi connectivity index (χ0v) is 10.4. The second-order valence-electron chi connectivity index (χ2n) is 2.76. The first-order chi connectivity index (χ1) is 7.51. The predicted molar refractivity (Wildman–Crippen MR) is 61.5 cm³/mol. The highest BCUT2D eigenvalue weighted by Crippen LogP contribution is 2.03. The number of carbonyl (C=O) groups is 2. The molecule has 0 saturated heterocycles. The van der Waals surface area contributed by atoms with Crippen LogP contribution in [0.2, 0.25) is 0 Å². The van der Waals surface area contributed by atoms with Crippen molar-refractivity contribution in [1.29, 1.82) is 0 Å². The molecular formula is C9H16N2O4S. The fourth-order valence-electron chi connectivity index (χ4n) is 0.685. The molecule has 0 aliphatic rings. The summed E-state index contributed by atoms with van der Waals surface area (Å²) in [6.07, 6.45) is 1.11. The molecule has 0 aliphatic heterocycles. The van der Waals surface area contributed by atoms with Crippen molar-refractivity contribution < 1.29 is 19.2 Å². The van der Waals surface area contributed by atoms with Crippen LogP contribution in [0.15, 0.2) is 11.6 Å². The molecule has 0 radical (unpaired) electrons. The fraction of sp³-hybridized carbons (Fsp3) is 0.556. The Labute approximate surface area is 98.9 Å². The summed E-state index contributed by atoms with van der Waals surface area (Å²) in [6.45, 7) is 5.38. The van der Waals surface area contributed by atoms with Crippen LogP contribution >= 0.6 is 11.8 Å². The number of hydrogen-bond donors (Lipinski definition) is 1. The second kappa shape index (κ2) is 7.86. The van der Waals surface area contributed by atoms with Crippen molar-refractivity contribution in [1.82, 2.24) is 10.4 Å².